The van der Waals surface area contributed by atoms with Crippen LogP contribution in [0.3, 0.4) is 0 Å². The first kappa shape index (κ1) is 19.0. The Balaban J connectivity index is 0.000000741. The fraction of sp³-hybridized carbons (Fsp3) is 0.333. The van der Waals surface area contributed by atoms with Gasteiger partial charge in [0.15, 0.2) is 0 Å². The molecule has 0 radical (unpaired) electrons. The Hall–Kier alpha value is -2.00. The van der Waals surface area contributed by atoms with Gasteiger partial charge in [-0.2, -0.15) is 0 Å². The standard InChI is InChI=1S/C16H12.2C2H6.CH4/c1-3-16(2)14-10-6-4-8-12(14)13-9-5-7-11-15(13)16;2*1-2;/h1,4-11H,2H3;2*1-2H3;1H4. The second-order valence-corrected chi connectivity index (χ2v) is 4.36. The van der Waals surface area contributed by atoms with Gasteiger partial charge in [-0.3, -0.25) is 0 Å². The summed E-state index contributed by atoms with van der Waals surface area (Å²) in [4.78, 5) is 0. The highest BCUT2D eigenvalue weighted by molar-refractivity contribution is 5.82. The Kier molecular flexibility index (Phi) is 7.53. The average molecular weight is 280 g/mol. The van der Waals surface area contributed by atoms with Crippen molar-refractivity contribution in [2.75, 3.05) is 0 Å². The second-order valence-electron chi connectivity index (χ2n) is 4.36. The molecule has 0 spiro atoms. The van der Waals surface area contributed by atoms with Crippen molar-refractivity contribution in [3.05, 3.63) is 59.7 Å². The highest BCUT2D eigenvalue weighted by Crippen LogP contribution is 2.47. The van der Waals surface area contributed by atoms with E-state index in [1.54, 1.807) is 0 Å². The number of rotatable bonds is 0. The highest BCUT2D eigenvalue weighted by Gasteiger charge is 2.37. The maximum atomic E-state index is 5.75. The fourth-order valence-corrected chi connectivity index (χ4v) is 2.61. The zero-order chi connectivity index (χ0) is 15.2. The minimum Gasteiger partial charge on any atom is -0.119 e. The quantitative estimate of drug-likeness (QED) is 0.497. The summed E-state index contributed by atoms with van der Waals surface area (Å²) in [7, 11) is 0. The van der Waals surface area contributed by atoms with Crippen molar-refractivity contribution >= 4 is 0 Å². The number of hydrogen-bond donors (Lipinski definition) is 0. The van der Waals surface area contributed by atoms with E-state index in [0.29, 0.717) is 0 Å². The zero-order valence-electron chi connectivity index (χ0n) is 13.2. The van der Waals surface area contributed by atoms with Crippen molar-refractivity contribution in [1.82, 2.24) is 0 Å². The molecule has 0 nitrogen and oxygen atoms in total. The van der Waals surface area contributed by atoms with Gasteiger partial charge in [0.1, 0.15) is 0 Å². The van der Waals surface area contributed by atoms with Crippen LogP contribution in [0.1, 0.15) is 53.2 Å². The first-order valence-corrected chi connectivity index (χ1v) is 7.44. The van der Waals surface area contributed by atoms with Crippen LogP contribution in [-0.2, 0) is 5.41 Å². The van der Waals surface area contributed by atoms with Gasteiger partial charge in [-0.05, 0) is 29.2 Å². The number of hydrogen-bond acceptors (Lipinski definition) is 0. The summed E-state index contributed by atoms with van der Waals surface area (Å²) in [6.45, 7) is 10.1. The summed E-state index contributed by atoms with van der Waals surface area (Å²) in [5, 5.41) is 0. The van der Waals surface area contributed by atoms with E-state index in [1.807, 2.05) is 27.7 Å². The Labute approximate surface area is 131 Å². The van der Waals surface area contributed by atoms with Crippen LogP contribution in [0.25, 0.3) is 11.1 Å². The van der Waals surface area contributed by atoms with Gasteiger partial charge in [0.25, 0.3) is 0 Å². The molecule has 2 aromatic rings. The molecule has 0 saturated carbocycles. The molecule has 0 saturated heterocycles. The van der Waals surface area contributed by atoms with Gasteiger partial charge in [-0.15, -0.1) is 6.42 Å². The van der Waals surface area contributed by atoms with E-state index >= 15 is 0 Å². The third-order valence-corrected chi connectivity index (χ3v) is 3.51. The predicted octanol–water partition coefficient (Wildman–Crippen LogP) is 6.29. The van der Waals surface area contributed by atoms with Crippen molar-refractivity contribution in [3.8, 4) is 23.5 Å². The molecule has 0 unspecified atom stereocenters. The molecule has 0 heterocycles. The molecule has 2 aromatic carbocycles. The van der Waals surface area contributed by atoms with Gasteiger partial charge in [0.05, 0.1) is 5.41 Å². The second kappa shape index (κ2) is 8.32. The Morgan fingerprint density at radius 2 is 1.10 bits per heavy atom. The van der Waals surface area contributed by atoms with Gasteiger partial charge < -0.3 is 0 Å². The van der Waals surface area contributed by atoms with E-state index in [9.17, 15) is 0 Å². The molecule has 112 valence electrons. The third kappa shape index (κ3) is 3.03. The van der Waals surface area contributed by atoms with Crippen LogP contribution in [0, 0.1) is 12.3 Å². The molecule has 0 amide bonds. The normalized spacial score (nSPS) is 12.0. The lowest BCUT2D eigenvalue weighted by molar-refractivity contribution is 0.779. The highest BCUT2D eigenvalue weighted by atomic mass is 14.4. The Morgan fingerprint density at radius 3 is 1.43 bits per heavy atom. The Bertz CT molecular complexity index is 554. The van der Waals surface area contributed by atoms with Gasteiger partial charge in [0, 0.05) is 0 Å². The third-order valence-electron chi connectivity index (χ3n) is 3.51. The predicted molar refractivity (Wildman–Crippen MR) is 96.6 cm³/mol. The molecule has 21 heavy (non-hydrogen) atoms. The maximum Gasteiger partial charge on any atom is 0.0793 e. The molecule has 0 fully saturated rings. The number of benzene rings is 2. The van der Waals surface area contributed by atoms with Crippen LogP contribution in [0.5, 0.6) is 0 Å². The zero-order valence-corrected chi connectivity index (χ0v) is 13.2. The van der Waals surface area contributed by atoms with Crippen molar-refractivity contribution in [2.24, 2.45) is 0 Å². The molecule has 0 N–H and O–H groups in total. The molecule has 0 aliphatic heterocycles. The minimum absolute atomic E-state index is 0. The minimum atomic E-state index is -0.271. The van der Waals surface area contributed by atoms with E-state index in [2.05, 4.69) is 61.4 Å². The summed E-state index contributed by atoms with van der Waals surface area (Å²) in [5.41, 5.74) is 4.78. The van der Waals surface area contributed by atoms with Crippen LogP contribution < -0.4 is 0 Å². The SMILES string of the molecule is C.C#CC1(C)c2ccccc2-c2ccccc21.CC.CC. The first-order chi connectivity index (χ1) is 9.77. The molecular weight excluding hydrogens is 252 g/mol. The van der Waals surface area contributed by atoms with Crippen LogP contribution in [0.2, 0.25) is 0 Å². The first-order valence-electron chi connectivity index (χ1n) is 7.44. The van der Waals surface area contributed by atoms with Crippen LogP contribution >= 0.6 is 0 Å². The van der Waals surface area contributed by atoms with Crippen LogP contribution in [0.4, 0.5) is 0 Å². The van der Waals surface area contributed by atoms with Crippen molar-refractivity contribution < 1.29 is 0 Å². The van der Waals surface area contributed by atoms with E-state index in [-0.39, 0.29) is 12.8 Å². The lowest BCUT2D eigenvalue weighted by Gasteiger charge is -2.19. The fourth-order valence-electron chi connectivity index (χ4n) is 2.61. The average Bonchev–Trinajstić information content (AvgIpc) is 2.82. The smallest absolute Gasteiger partial charge is 0.0793 e. The lowest BCUT2D eigenvalue weighted by Crippen LogP contribution is -2.17. The molecule has 0 bridgehead atoms. The van der Waals surface area contributed by atoms with Gasteiger partial charge >= 0.3 is 0 Å². The monoisotopic (exact) mass is 280 g/mol. The summed E-state index contributed by atoms with van der Waals surface area (Å²) < 4.78 is 0. The van der Waals surface area contributed by atoms with E-state index in [1.165, 1.54) is 22.3 Å². The van der Waals surface area contributed by atoms with E-state index < -0.39 is 0 Å². The van der Waals surface area contributed by atoms with Gasteiger partial charge in [0.2, 0.25) is 0 Å². The van der Waals surface area contributed by atoms with Crippen LogP contribution in [0.15, 0.2) is 48.5 Å². The lowest BCUT2D eigenvalue weighted by atomic mass is 9.81. The molecule has 0 heteroatoms. The summed E-state index contributed by atoms with van der Waals surface area (Å²) >= 11 is 0. The molecule has 1 aliphatic carbocycles. The molecule has 3 rings (SSSR count). The van der Waals surface area contributed by atoms with E-state index in [4.69, 9.17) is 6.42 Å². The van der Waals surface area contributed by atoms with Crippen LogP contribution in [-0.4, -0.2) is 0 Å². The molecular formula is C21H28. The molecule has 0 atom stereocenters. The number of fused-ring (bicyclic) bond motifs is 3. The van der Waals surface area contributed by atoms with Crippen molar-refractivity contribution in [1.29, 1.82) is 0 Å². The summed E-state index contributed by atoms with van der Waals surface area (Å²) in [6.07, 6.45) is 5.75. The Morgan fingerprint density at radius 1 is 0.762 bits per heavy atom. The van der Waals surface area contributed by atoms with Gasteiger partial charge in [-0.25, -0.2) is 0 Å². The molecule has 1 aliphatic rings. The molecule has 0 aromatic heterocycles. The maximum absolute atomic E-state index is 5.75. The number of terminal acetylenes is 1. The largest absolute Gasteiger partial charge is 0.119 e. The van der Waals surface area contributed by atoms with E-state index in [0.717, 1.165) is 0 Å². The van der Waals surface area contributed by atoms with Crippen molar-refractivity contribution in [2.45, 2.75) is 47.5 Å². The summed E-state index contributed by atoms with van der Waals surface area (Å²) in [6, 6.07) is 16.8. The summed E-state index contributed by atoms with van der Waals surface area (Å²) in [5.74, 6) is 2.95. The topological polar surface area (TPSA) is 0 Å². The van der Waals surface area contributed by atoms with Gasteiger partial charge in [-0.1, -0.05) is 89.6 Å². The van der Waals surface area contributed by atoms with Crippen molar-refractivity contribution in [3.63, 3.8) is 0 Å².